The number of rotatable bonds is 4. The van der Waals surface area contributed by atoms with Gasteiger partial charge in [0.25, 0.3) is 0 Å². The maximum Gasteiger partial charge on any atom is -0.00407 e. The molecule has 1 aromatic carbocycles. The summed E-state index contributed by atoms with van der Waals surface area (Å²) in [6, 6.07) is 2.75. The van der Waals surface area contributed by atoms with Crippen LogP contribution in [-0.4, -0.2) is 0 Å². The van der Waals surface area contributed by atoms with E-state index in [1.54, 1.807) is 22.3 Å². The van der Waals surface area contributed by atoms with Gasteiger partial charge in [-0.05, 0) is 101 Å². The van der Waals surface area contributed by atoms with Gasteiger partial charge in [-0.3, -0.25) is 0 Å². The van der Waals surface area contributed by atoms with E-state index in [9.17, 15) is 0 Å². The first-order valence-corrected chi connectivity index (χ1v) is 10.9. The summed E-state index contributed by atoms with van der Waals surface area (Å²) in [5.74, 6) is 0. The third-order valence-electron chi connectivity index (χ3n) is 9.00. The lowest BCUT2D eigenvalue weighted by atomic mass is 9.71. The van der Waals surface area contributed by atoms with Crippen molar-refractivity contribution in [2.24, 2.45) is 0 Å². The van der Waals surface area contributed by atoms with Gasteiger partial charge in [0.2, 0.25) is 0 Å². The van der Waals surface area contributed by atoms with Gasteiger partial charge in [-0.2, -0.15) is 0 Å². The smallest absolute Gasteiger partial charge is 0.00407 e. The monoisotopic (exact) mass is 338 g/mol. The van der Waals surface area contributed by atoms with Crippen LogP contribution in [0.2, 0.25) is 0 Å². The van der Waals surface area contributed by atoms with Gasteiger partial charge in [0.15, 0.2) is 0 Å². The lowest BCUT2D eigenvalue weighted by Gasteiger charge is -2.33. The van der Waals surface area contributed by atoms with Gasteiger partial charge >= 0.3 is 0 Å². The third-order valence-corrected chi connectivity index (χ3v) is 9.00. The van der Waals surface area contributed by atoms with Gasteiger partial charge < -0.3 is 0 Å². The first-order valence-electron chi connectivity index (χ1n) is 10.9. The fraction of sp³-hybridized carbons (Fsp3) is 0.760. The van der Waals surface area contributed by atoms with Crippen LogP contribution in [0.1, 0.15) is 121 Å². The van der Waals surface area contributed by atoms with Crippen LogP contribution in [0.15, 0.2) is 6.07 Å². The van der Waals surface area contributed by atoms with Crippen molar-refractivity contribution in [2.45, 2.75) is 121 Å². The van der Waals surface area contributed by atoms with E-state index in [1.165, 1.54) is 51.4 Å². The summed E-state index contributed by atoms with van der Waals surface area (Å²) in [6.45, 7) is 17.4. The Morgan fingerprint density at radius 2 is 1.28 bits per heavy atom. The van der Waals surface area contributed by atoms with Crippen LogP contribution in [0.5, 0.6) is 0 Å². The molecule has 3 aliphatic rings. The van der Waals surface area contributed by atoms with Crippen LogP contribution in [0.3, 0.4) is 0 Å². The molecule has 0 amide bonds. The molecule has 0 bridgehead atoms. The fourth-order valence-corrected chi connectivity index (χ4v) is 7.62. The number of benzene rings is 1. The summed E-state index contributed by atoms with van der Waals surface area (Å²) in [6.07, 6.45) is 10.6. The zero-order chi connectivity index (χ0) is 18.3. The minimum Gasteiger partial charge on any atom is -0.0645 e. The molecule has 1 aromatic rings. The molecule has 0 spiro atoms. The molecule has 138 valence electrons. The van der Waals surface area contributed by atoms with Crippen LogP contribution in [-0.2, 0) is 28.1 Å². The van der Waals surface area contributed by atoms with Crippen LogP contribution < -0.4 is 0 Å². The fourth-order valence-electron chi connectivity index (χ4n) is 7.62. The van der Waals surface area contributed by atoms with Gasteiger partial charge in [-0.1, -0.05) is 54.5 Å². The predicted octanol–water partition coefficient (Wildman–Crippen LogP) is 7.09. The maximum atomic E-state index is 2.75. The van der Waals surface area contributed by atoms with E-state index in [0.717, 1.165) is 0 Å². The molecule has 4 rings (SSSR count). The van der Waals surface area contributed by atoms with E-state index in [2.05, 4.69) is 54.5 Å². The summed E-state index contributed by atoms with van der Waals surface area (Å²) in [5.41, 5.74) is 10.6. The molecular formula is C25H38. The Hall–Kier alpha value is -0.780. The van der Waals surface area contributed by atoms with Crippen LogP contribution in [0.4, 0.5) is 0 Å². The topological polar surface area (TPSA) is 0 Å². The zero-order valence-corrected chi connectivity index (χ0v) is 17.7. The van der Waals surface area contributed by atoms with Gasteiger partial charge in [0, 0.05) is 0 Å². The summed E-state index contributed by atoms with van der Waals surface area (Å²) in [7, 11) is 0. The molecule has 0 nitrogen and oxygen atoms in total. The predicted molar refractivity (Wildman–Crippen MR) is 109 cm³/mol. The van der Waals surface area contributed by atoms with Crippen molar-refractivity contribution in [2.75, 3.05) is 0 Å². The highest BCUT2D eigenvalue weighted by Gasteiger charge is 2.56. The van der Waals surface area contributed by atoms with Crippen molar-refractivity contribution in [3.05, 3.63) is 33.9 Å². The maximum absolute atomic E-state index is 2.75. The second-order valence-corrected chi connectivity index (χ2v) is 10.5. The zero-order valence-electron chi connectivity index (χ0n) is 17.7. The average molecular weight is 339 g/mol. The Balaban J connectivity index is 2.08. The van der Waals surface area contributed by atoms with E-state index in [0.29, 0.717) is 21.7 Å². The molecule has 25 heavy (non-hydrogen) atoms. The van der Waals surface area contributed by atoms with Gasteiger partial charge in [0.1, 0.15) is 0 Å². The van der Waals surface area contributed by atoms with E-state index in [-0.39, 0.29) is 0 Å². The minimum atomic E-state index is 0.348. The summed E-state index contributed by atoms with van der Waals surface area (Å²) < 4.78 is 0. The highest BCUT2D eigenvalue weighted by molar-refractivity contribution is 5.63. The molecule has 0 saturated carbocycles. The van der Waals surface area contributed by atoms with Crippen molar-refractivity contribution in [1.82, 2.24) is 0 Å². The molecule has 0 aromatic heterocycles. The van der Waals surface area contributed by atoms with E-state index in [1.807, 2.05) is 5.56 Å². The average Bonchev–Trinajstić information content (AvgIpc) is 3.15. The van der Waals surface area contributed by atoms with Crippen molar-refractivity contribution in [3.63, 3.8) is 0 Å². The van der Waals surface area contributed by atoms with E-state index >= 15 is 0 Å². The SMILES string of the molecule is CCC1(CC)CC(C)(C)c2c1cc1c3c2CCC3(C)CC1(CC)CC. The van der Waals surface area contributed by atoms with Crippen LogP contribution in [0.25, 0.3) is 0 Å². The Morgan fingerprint density at radius 1 is 0.760 bits per heavy atom. The van der Waals surface area contributed by atoms with Gasteiger partial charge in [-0.15, -0.1) is 0 Å². The molecule has 0 heterocycles. The number of fused-ring (bicyclic) bond motifs is 2. The summed E-state index contributed by atoms with van der Waals surface area (Å²) >= 11 is 0. The van der Waals surface area contributed by atoms with Gasteiger partial charge in [0.05, 0.1) is 0 Å². The molecule has 0 saturated heterocycles. The van der Waals surface area contributed by atoms with Gasteiger partial charge in [-0.25, -0.2) is 0 Å². The van der Waals surface area contributed by atoms with Crippen molar-refractivity contribution in [1.29, 1.82) is 0 Å². The Morgan fingerprint density at radius 3 is 1.84 bits per heavy atom. The lowest BCUT2D eigenvalue weighted by molar-refractivity contribution is 0.309. The molecule has 3 aliphatic carbocycles. The molecule has 0 fully saturated rings. The quantitative estimate of drug-likeness (QED) is 0.549. The second-order valence-electron chi connectivity index (χ2n) is 10.5. The normalized spacial score (nSPS) is 29.7. The first-order chi connectivity index (χ1) is 11.7. The van der Waals surface area contributed by atoms with Crippen molar-refractivity contribution in [3.8, 4) is 0 Å². The van der Waals surface area contributed by atoms with E-state index in [4.69, 9.17) is 0 Å². The highest BCUT2D eigenvalue weighted by atomic mass is 14.6. The summed E-state index contributed by atoms with van der Waals surface area (Å²) in [4.78, 5) is 0. The lowest BCUT2D eigenvalue weighted by Crippen LogP contribution is -2.26. The third kappa shape index (κ3) is 1.95. The largest absolute Gasteiger partial charge is 0.0645 e. The highest BCUT2D eigenvalue weighted by Crippen LogP contribution is 2.64. The molecule has 1 atom stereocenters. The van der Waals surface area contributed by atoms with Crippen molar-refractivity contribution < 1.29 is 0 Å². The first kappa shape index (κ1) is 17.6. The standard InChI is InChI=1S/C25H38/c1-8-24(9-2)15-22(5,6)20-17-12-13-23(7)16-25(10-3,11-4)19(21(17)23)14-18(20)24/h14H,8-13,15-16H2,1-7H3. The molecule has 1 unspecified atom stereocenters. The Labute approximate surface area is 155 Å². The molecule has 0 N–H and O–H groups in total. The Bertz CT molecular complexity index is 712. The molecule has 0 radical (unpaired) electrons. The second kappa shape index (κ2) is 5.14. The molecule has 0 aliphatic heterocycles. The van der Waals surface area contributed by atoms with Crippen LogP contribution >= 0.6 is 0 Å². The minimum absolute atomic E-state index is 0.348. The number of hydrogen-bond acceptors (Lipinski definition) is 0. The Kier molecular flexibility index (Phi) is 3.62. The van der Waals surface area contributed by atoms with E-state index < -0.39 is 0 Å². The summed E-state index contributed by atoms with van der Waals surface area (Å²) in [5, 5.41) is 0. The number of hydrogen-bond donors (Lipinski definition) is 0. The molecule has 0 heteroatoms. The van der Waals surface area contributed by atoms with Crippen molar-refractivity contribution >= 4 is 0 Å². The molecular weight excluding hydrogens is 300 g/mol. The van der Waals surface area contributed by atoms with Crippen LogP contribution in [0, 0.1) is 0 Å².